The summed E-state index contributed by atoms with van der Waals surface area (Å²) in [6.07, 6.45) is 0. The number of fused-ring (bicyclic) bond motifs is 1. The number of rotatable bonds is 1. The first kappa shape index (κ1) is 9.09. The Hall–Kier alpha value is -1.48. The van der Waals surface area contributed by atoms with Crippen molar-refractivity contribution >= 4 is 28.5 Å². The zero-order chi connectivity index (χ0) is 10.3. The Kier molecular flexibility index (Phi) is 1.97. The second-order valence-electron chi connectivity index (χ2n) is 3.03. The molecule has 0 saturated carbocycles. The van der Waals surface area contributed by atoms with E-state index in [0.717, 1.165) is 5.52 Å². The largest absolute Gasteiger partial charge is 0.545 e. The topological polar surface area (TPSA) is 45.1 Å². The van der Waals surface area contributed by atoms with Crippen molar-refractivity contribution < 1.29 is 9.90 Å². The molecule has 0 unspecified atom stereocenters. The van der Waals surface area contributed by atoms with Gasteiger partial charge in [0.1, 0.15) is 5.15 Å². The Morgan fingerprint density at radius 2 is 2.07 bits per heavy atom. The standard InChI is InChI=1S/C10H8ClNO2/c1-12-7-5-3-2-4-6(7)8(9(12)11)10(13)14/h2-5H,1H3,(H,13,14)/p-1. The van der Waals surface area contributed by atoms with E-state index < -0.39 is 5.97 Å². The van der Waals surface area contributed by atoms with E-state index in [1.165, 1.54) is 0 Å². The van der Waals surface area contributed by atoms with Gasteiger partial charge in [0, 0.05) is 23.5 Å². The van der Waals surface area contributed by atoms with E-state index in [0.29, 0.717) is 5.39 Å². The Bertz CT molecular complexity index is 516. The fraction of sp³-hybridized carbons (Fsp3) is 0.100. The van der Waals surface area contributed by atoms with E-state index >= 15 is 0 Å². The molecule has 3 nitrogen and oxygen atoms in total. The number of carboxylic acid groups (broad SMARTS) is 1. The number of carbonyl (C=O) groups is 1. The molecule has 2 rings (SSSR count). The molecule has 0 aliphatic rings. The van der Waals surface area contributed by atoms with Crippen molar-refractivity contribution in [3.63, 3.8) is 0 Å². The highest BCUT2D eigenvalue weighted by molar-refractivity contribution is 6.34. The first-order valence-corrected chi connectivity index (χ1v) is 4.45. The Morgan fingerprint density at radius 3 is 2.71 bits per heavy atom. The van der Waals surface area contributed by atoms with Crippen LogP contribution in [0.2, 0.25) is 5.15 Å². The summed E-state index contributed by atoms with van der Waals surface area (Å²) in [5.74, 6) is -1.24. The van der Waals surface area contributed by atoms with Crippen molar-refractivity contribution in [2.24, 2.45) is 7.05 Å². The first-order chi connectivity index (χ1) is 6.63. The van der Waals surface area contributed by atoms with Gasteiger partial charge in [-0.2, -0.15) is 0 Å². The lowest BCUT2D eigenvalue weighted by Crippen LogP contribution is -2.22. The molecule has 0 atom stereocenters. The maximum atomic E-state index is 10.8. The highest BCUT2D eigenvalue weighted by Gasteiger charge is 2.12. The normalized spacial score (nSPS) is 10.7. The molecule has 1 aromatic heterocycles. The minimum Gasteiger partial charge on any atom is -0.545 e. The highest BCUT2D eigenvalue weighted by atomic mass is 35.5. The smallest absolute Gasteiger partial charge is 0.118 e. The maximum absolute atomic E-state index is 10.8. The minimum absolute atomic E-state index is 0.0600. The predicted octanol–water partition coefficient (Wildman–Crippen LogP) is 1.20. The van der Waals surface area contributed by atoms with E-state index in [2.05, 4.69) is 0 Å². The van der Waals surface area contributed by atoms with Gasteiger partial charge in [-0.3, -0.25) is 0 Å². The second kappa shape index (κ2) is 3.03. The van der Waals surface area contributed by atoms with E-state index in [1.807, 2.05) is 12.1 Å². The van der Waals surface area contributed by atoms with Crippen LogP contribution in [0.3, 0.4) is 0 Å². The van der Waals surface area contributed by atoms with Crippen molar-refractivity contribution in [1.29, 1.82) is 0 Å². The van der Waals surface area contributed by atoms with Crippen LogP contribution < -0.4 is 5.11 Å². The van der Waals surface area contributed by atoms with E-state index in [9.17, 15) is 9.90 Å². The van der Waals surface area contributed by atoms with Gasteiger partial charge in [0.15, 0.2) is 0 Å². The van der Waals surface area contributed by atoms with Crippen LogP contribution in [0.1, 0.15) is 10.4 Å². The lowest BCUT2D eigenvalue weighted by atomic mass is 10.2. The summed E-state index contributed by atoms with van der Waals surface area (Å²) >= 11 is 5.87. The van der Waals surface area contributed by atoms with Crippen LogP contribution in [-0.2, 0) is 7.05 Å². The molecule has 0 amide bonds. The Balaban J connectivity index is 2.95. The van der Waals surface area contributed by atoms with Gasteiger partial charge in [-0.15, -0.1) is 0 Å². The Labute approximate surface area is 85.5 Å². The molecule has 1 aromatic carbocycles. The van der Waals surface area contributed by atoms with Crippen LogP contribution in [0.15, 0.2) is 24.3 Å². The molecule has 0 spiro atoms. The van der Waals surface area contributed by atoms with Crippen LogP contribution >= 0.6 is 11.6 Å². The molecular formula is C10H7ClNO2-. The highest BCUT2D eigenvalue weighted by Crippen LogP contribution is 2.27. The second-order valence-corrected chi connectivity index (χ2v) is 3.39. The van der Waals surface area contributed by atoms with Crippen molar-refractivity contribution in [3.05, 3.63) is 35.0 Å². The third-order valence-electron chi connectivity index (χ3n) is 2.24. The van der Waals surface area contributed by atoms with Gasteiger partial charge >= 0.3 is 0 Å². The number of carbonyl (C=O) groups excluding carboxylic acids is 1. The zero-order valence-corrected chi connectivity index (χ0v) is 8.21. The number of nitrogens with zero attached hydrogens (tertiary/aromatic N) is 1. The van der Waals surface area contributed by atoms with Crippen LogP contribution in [0.5, 0.6) is 0 Å². The summed E-state index contributed by atoms with van der Waals surface area (Å²) in [5, 5.41) is 11.7. The van der Waals surface area contributed by atoms with Gasteiger partial charge in [0.2, 0.25) is 0 Å². The van der Waals surface area contributed by atoms with Crippen molar-refractivity contribution in [2.45, 2.75) is 0 Å². The van der Waals surface area contributed by atoms with Crippen LogP contribution in [0.25, 0.3) is 10.9 Å². The van der Waals surface area contributed by atoms with Crippen LogP contribution in [0, 0.1) is 0 Å². The average Bonchev–Trinajstić information content (AvgIpc) is 2.41. The van der Waals surface area contributed by atoms with Crippen molar-refractivity contribution in [1.82, 2.24) is 4.57 Å². The van der Waals surface area contributed by atoms with Gasteiger partial charge in [-0.05, 0) is 6.07 Å². The number of aromatic carboxylic acids is 1. The van der Waals surface area contributed by atoms with E-state index in [4.69, 9.17) is 11.6 Å². The van der Waals surface area contributed by atoms with Gasteiger partial charge in [0.05, 0.1) is 5.97 Å². The van der Waals surface area contributed by atoms with Gasteiger partial charge in [-0.1, -0.05) is 29.8 Å². The molecule has 14 heavy (non-hydrogen) atoms. The minimum atomic E-state index is -1.24. The predicted molar refractivity (Wildman–Crippen MR) is 52.3 cm³/mol. The number of hydrogen-bond acceptors (Lipinski definition) is 2. The third-order valence-corrected chi connectivity index (χ3v) is 2.68. The number of hydrogen-bond donors (Lipinski definition) is 0. The summed E-state index contributed by atoms with van der Waals surface area (Å²) in [7, 11) is 1.72. The molecule has 4 heteroatoms. The van der Waals surface area contributed by atoms with Gasteiger partial charge in [-0.25, -0.2) is 0 Å². The molecular weight excluding hydrogens is 202 g/mol. The SMILES string of the molecule is Cn1c(Cl)c(C(=O)[O-])c2ccccc21. The average molecular weight is 209 g/mol. The van der Waals surface area contributed by atoms with Gasteiger partial charge in [0.25, 0.3) is 0 Å². The quantitative estimate of drug-likeness (QED) is 0.707. The maximum Gasteiger partial charge on any atom is 0.118 e. The lowest BCUT2D eigenvalue weighted by molar-refractivity contribution is -0.254. The van der Waals surface area contributed by atoms with Crippen LogP contribution in [0.4, 0.5) is 0 Å². The molecule has 2 aromatic rings. The number of carboxylic acids is 1. The van der Waals surface area contributed by atoms with Crippen molar-refractivity contribution in [2.75, 3.05) is 0 Å². The zero-order valence-electron chi connectivity index (χ0n) is 7.45. The third kappa shape index (κ3) is 1.09. The molecule has 0 fully saturated rings. The summed E-state index contributed by atoms with van der Waals surface area (Å²) in [4.78, 5) is 10.8. The molecule has 0 saturated heterocycles. The van der Waals surface area contributed by atoms with E-state index in [1.54, 1.807) is 23.7 Å². The number of benzene rings is 1. The summed E-state index contributed by atoms with van der Waals surface area (Å²) in [6.45, 7) is 0. The number of halogens is 1. The van der Waals surface area contributed by atoms with E-state index in [-0.39, 0.29) is 10.7 Å². The van der Waals surface area contributed by atoms with Crippen molar-refractivity contribution in [3.8, 4) is 0 Å². The van der Waals surface area contributed by atoms with Crippen LogP contribution in [-0.4, -0.2) is 10.5 Å². The molecule has 0 aliphatic heterocycles. The summed E-state index contributed by atoms with van der Waals surface area (Å²) < 4.78 is 1.63. The Morgan fingerprint density at radius 1 is 1.43 bits per heavy atom. The lowest BCUT2D eigenvalue weighted by Gasteiger charge is -2.00. The number of aromatic nitrogens is 1. The molecule has 0 N–H and O–H groups in total. The molecule has 72 valence electrons. The molecule has 1 heterocycles. The molecule has 0 bridgehead atoms. The first-order valence-electron chi connectivity index (χ1n) is 4.07. The fourth-order valence-electron chi connectivity index (χ4n) is 1.56. The summed E-state index contributed by atoms with van der Waals surface area (Å²) in [6, 6.07) is 7.13. The number of para-hydroxylation sites is 1. The van der Waals surface area contributed by atoms with Gasteiger partial charge < -0.3 is 14.5 Å². The molecule has 0 radical (unpaired) electrons. The monoisotopic (exact) mass is 208 g/mol. The molecule has 0 aliphatic carbocycles. The fourth-order valence-corrected chi connectivity index (χ4v) is 1.83. The number of aryl methyl sites for hydroxylation is 1. The summed E-state index contributed by atoms with van der Waals surface area (Å²) in [5.41, 5.74) is 0.849.